The zero-order valence-corrected chi connectivity index (χ0v) is 14.6. The molecule has 1 aromatic rings. The number of hydrogen-bond donors (Lipinski definition) is 1. The van der Waals surface area contributed by atoms with Crippen molar-refractivity contribution in [1.29, 1.82) is 0 Å². The fourth-order valence-corrected chi connectivity index (χ4v) is 1.96. The molecule has 6 nitrogen and oxygen atoms in total. The summed E-state index contributed by atoms with van der Waals surface area (Å²) in [7, 11) is 1.44. The summed E-state index contributed by atoms with van der Waals surface area (Å²) in [4.78, 5) is 23.2. The number of nitrogens with one attached hydrogen (secondary N) is 1. The van der Waals surface area contributed by atoms with Gasteiger partial charge in [0.2, 0.25) is 0 Å². The Kier molecular flexibility index (Phi) is 7.00. The highest BCUT2D eigenvalue weighted by molar-refractivity contribution is 5.78. The number of benzene rings is 1. The van der Waals surface area contributed by atoms with Crippen molar-refractivity contribution in [2.24, 2.45) is 0 Å². The minimum atomic E-state index is -0.688. The van der Waals surface area contributed by atoms with Gasteiger partial charge < -0.3 is 19.5 Å². The zero-order chi connectivity index (χ0) is 18.3. The minimum absolute atomic E-state index is 0.292. The van der Waals surface area contributed by atoms with Gasteiger partial charge in [-0.2, -0.15) is 0 Å². The number of rotatable bonds is 6. The molecule has 0 spiro atoms. The van der Waals surface area contributed by atoms with Gasteiger partial charge in [0.25, 0.3) is 0 Å². The van der Waals surface area contributed by atoms with Crippen molar-refractivity contribution in [3.8, 4) is 5.75 Å². The first-order valence-corrected chi connectivity index (χ1v) is 7.59. The third kappa shape index (κ3) is 7.30. The van der Waals surface area contributed by atoms with Gasteiger partial charge in [0, 0.05) is 12.5 Å². The first-order chi connectivity index (χ1) is 11.1. The molecule has 0 heterocycles. The summed E-state index contributed by atoms with van der Waals surface area (Å²) in [5.41, 5.74) is 0.0831. The van der Waals surface area contributed by atoms with Gasteiger partial charge >= 0.3 is 12.1 Å². The Balaban J connectivity index is 2.46. The van der Waals surface area contributed by atoms with Crippen LogP contribution in [0.1, 0.15) is 33.3 Å². The molecule has 1 N–H and O–H groups in total. The second-order valence-corrected chi connectivity index (χ2v) is 6.32. The van der Waals surface area contributed by atoms with Gasteiger partial charge in [0.15, 0.2) is 0 Å². The lowest BCUT2D eigenvalue weighted by Crippen LogP contribution is -2.36. The van der Waals surface area contributed by atoms with Crippen LogP contribution < -0.4 is 10.1 Å². The van der Waals surface area contributed by atoms with E-state index in [0.717, 1.165) is 5.56 Å². The minimum Gasteiger partial charge on any atom is -0.496 e. The summed E-state index contributed by atoms with van der Waals surface area (Å²) in [6.45, 7) is 6.59. The van der Waals surface area contributed by atoms with Crippen LogP contribution in [0.15, 0.2) is 18.2 Å². The zero-order valence-electron chi connectivity index (χ0n) is 14.6. The van der Waals surface area contributed by atoms with Gasteiger partial charge in [-0.3, -0.25) is 4.79 Å². The Morgan fingerprint density at radius 2 is 1.96 bits per heavy atom. The van der Waals surface area contributed by atoms with Gasteiger partial charge in [-0.05, 0) is 39.3 Å². The maximum Gasteiger partial charge on any atom is 0.408 e. The predicted octanol–water partition coefficient (Wildman–Crippen LogP) is 2.83. The molecular weight excluding hydrogens is 317 g/mol. The van der Waals surface area contributed by atoms with Crippen LogP contribution in [0.3, 0.4) is 0 Å². The highest BCUT2D eigenvalue weighted by Crippen LogP contribution is 2.21. The van der Waals surface area contributed by atoms with E-state index >= 15 is 0 Å². The summed E-state index contributed by atoms with van der Waals surface area (Å²) in [5.74, 6) is -0.596. The number of halogens is 1. The molecular formula is C17H24FNO5. The molecule has 1 amide bonds. The highest BCUT2D eigenvalue weighted by atomic mass is 19.1. The third-order valence-corrected chi connectivity index (χ3v) is 2.87. The first-order valence-electron chi connectivity index (χ1n) is 7.59. The number of hydrogen-bond acceptors (Lipinski definition) is 5. The van der Waals surface area contributed by atoms with E-state index in [4.69, 9.17) is 14.2 Å². The van der Waals surface area contributed by atoms with Crippen molar-refractivity contribution in [3.63, 3.8) is 0 Å². The third-order valence-electron chi connectivity index (χ3n) is 2.87. The number of esters is 1. The molecule has 0 aliphatic heterocycles. The van der Waals surface area contributed by atoms with Crippen LogP contribution in [-0.2, 0) is 20.7 Å². The maximum atomic E-state index is 13.2. The van der Waals surface area contributed by atoms with E-state index in [-0.39, 0.29) is 6.54 Å². The van der Waals surface area contributed by atoms with E-state index in [1.807, 2.05) is 0 Å². The topological polar surface area (TPSA) is 73.9 Å². The molecule has 0 aliphatic carbocycles. The van der Waals surface area contributed by atoms with Crippen LogP contribution in [0.25, 0.3) is 0 Å². The highest BCUT2D eigenvalue weighted by Gasteiger charge is 2.18. The van der Waals surface area contributed by atoms with Crippen LogP contribution in [0, 0.1) is 5.82 Å². The van der Waals surface area contributed by atoms with Gasteiger partial charge in [0.05, 0.1) is 7.11 Å². The summed E-state index contributed by atoms with van der Waals surface area (Å²) in [5, 5.41) is 2.33. The van der Waals surface area contributed by atoms with E-state index < -0.39 is 29.6 Å². The molecule has 1 aromatic carbocycles. The number of methoxy groups -OCH3 is 1. The Bertz CT molecular complexity index is 583. The fourth-order valence-electron chi connectivity index (χ4n) is 1.96. The van der Waals surface area contributed by atoms with Gasteiger partial charge in [-0.1, -0.05) is 6.07 Å². The smallest absolute Gasteiger partial charge is 0.408 e. The quantitative estimate of drug-likeness (QED) is 0.806. The standard InChI is InChI=1S/C17H24FNO5/c1-11(8-12-6-7-13(18)9-14(12)22-5)23-15(20)10-19-16(21)24-17(2,3)4/h6-7,9,11H,8,10H2,1-5H3,(H,19,21). The number of amides is 1. The molecule has 0 fully saturated rings. The van der Waals surface area contributed by atoms with Crippen LogP contribution in [0.5, 0.6) is 5.75 Å². The SMILES string of the molecule is COc1cc(F)ccc1CC(C)OC(=O)CNC(=O)OC(C)(C)C. The lowest BCUT2D eigenvalue weighted by molar-refractivity contribution is -0.147. The van der Waals surface area contributed by atoms with Crippen molar-refractivity contribution in [1.82, 2.24) is 5.32 Å². The van der Waals surface area contributed by atoms with Crippen molar-refractivity contribution in [3.05, 3.63) is 29.6 Å². The molecule has 0 saturated heterocycles. The van der Waals surface area contributed by atoms with Gasteiger partial charge in [-0.15, -0.1) is 0 Å². The van der Waals surface area contributed by atoms with E-state index in [0.29, 0.717) is 12.2 Å². The number of alkyl carbamates (subject to hydrolysis) is 1. The fraction of sp³-hybridized carbons (Fsp3) is 0.529. The summed E-state index contributed by atoms with van der Waals surface area (Å²) >= 11 is 0. The lowest BCUT2D eigenvalue weighted by atomic mass is 10.1. The Morgan fingerprint density at radius 1 is 1.29 bits per heavy atom. The van der Waals surface area contributed by atoms with E-state index in [1.54, 1.807) is 33.8 Å². The Morgan fingerprint density at radius 3 is 2.54 bits per heavy atom. The summed E-state index contributed by atoms with van der Waals surface area (Å²) < 4.78 is 28.5. The maximum absolute atomic E-state index is 13.2. The van der Waals surface area contributed by atoms with Crippen LogP contribution >= 0.6 is 0 Å². The van der Waals surface area contributed by atoms with E-state index in [2.05, 4.69) is 5.32 Å². The predicted molar refractivity (Wildman–Crippen MR) is 86.4 cm³/mol. The van der Waals surface area contributed by atoms with Crippen LogP contribution in [-0.4, -0.2) is 37.4 Å². The van der Waals surface area contributed by atoms with Crippen LogP contribution in [0.2, 0.25) is 0 Å². The summed E-state index contributed by atoms with van der Waals surface area (Å²) in [6.07, 6.45) is -0.786. The number of carbonyl (C=O) groups excluding carboxylic acids is 2. The molecule has 0 bridgehead atoms. The van der Waals surface area contributed by atoms with Gasteiger partial charge in [-0.25, -0.2) is 9.18 Å². The Labute approximate surface area is 141 Å². The molecule has 24 heavy (non-hydrogen) atoms. The molecule has 0 radical (unpaired) electrons. The largest absolute Gasteiger partial charge is 0.496 e. The molecule has 134 valence electrons. The monoisotopic (exact) mass is 341 g/mol. The number of carbonyl (C=O) groups is 2. The van der Waals surface area contributed by atoms with Crippen molar-refractivity contribution in [2.45, 2.75) is 45.8 Å². The van der Waals surface area contributed by atoms with E-state index in [1.165, 1.54) is 19.2 Å². The average Bonchev–Trinajstić information content (AvgIpc) is 2.45. The lowest BCUT2D eigenvalue weighted by Gasteiger charge is -2.20. The van der Waals surface area contributed by atoms with E-state index in [9.17, 15) is 14.0 Å². The normalized spacial score (nSPS) is 12.2. The van der Waals surface area contributed by atoms with Gasteiger partial charge in [0.1, 0.15) is 29.8 Å². The second kappa shape index (κ2) is 8.52. The molecule has 1 unspecified atom stereocenters. The van der Waals surface area contributed by atoms with Crippen molar-refractivity contribution in [2.75, 3.05) is 13.7 Å². The number of ether oxygens (including phenoxy) is 3. The molecule has 7 heteroatoms. The second-order valence-electron chi connectivity index (χ2n) is 6.32. The first kappa shape index (κ1) is 19.7. The van der Waals surface area contributed by atoms with Crippen molar-refractivity contribution >= 4 is 12.1 Å². The molecule has 1 atom stereocenters. The molecule has 0 aliphatic rings. The Hall–Kier alpha value is -2.31. The molecule has 1 rings (SSSR count). The molecule has 0 saturated carbocycles. The average molecular weight is 341 g/mol. The van der Waals surface area contributed by atoms with Crippen molar-refractivity contribution < 1.29 is 28.2 Å². The summed E-state index contributed by atoms with van der Waals surface area (Å²) in [6, 6.07) is 4.17. The molecule has 0 aromatic heterocycles. The van der Waals surface area contributed by atoms with Crippen LogP contribution in [0.4, 0.5) is 9.18 Å².